The number of rotatable bonds is 8. The van der Waals surface area contributed by atoms with Gasteiger partial charge in [0, 0.05) is 55.4 Å². The summed E-state index contributed by atoms with van der Waals surface area (Å²) in [6.45, 7) is 9.09. The Morgan fingerprint density at radius 1 is 0.884 bits per heavy atom. The van der Waals surface area contributed by atoms with Crippen LogP contribution < -0.4 is 9.80 Å². The summed E-state index contributed by atoms with van der Waals surface area (Å²) in [6.07, 6.45) is 8.11. The molecule has 1 spiro atoms. The maximum Gasteiger partial charge on any atom is 0.251 e. The Morgan fingerprint density at radius 2 is 1.58 bits per heavy atom. The van der Waals surface area contributed by atoms with Gasteiger partial charge in [0.15, 0.2) is 0 Å². The van der Waals surface area contributed by atoms with Crippen LogP contribution in [0.3, 0.4) is 0 Å². The minimum atomic E-state index is -0.936. The Morgan fingerprint density at radius 3 is 2.26 bits per heavy atom. The number of nitrogens with zero attached hydrogens (tertiary/aromatic N) is 4. The number of carbonyl (C=O) groups is 3. The zero-order valence-electron chi connectivity index (χ0n) is 25.1. The molecule has 2 aromatic rings. The minimum absolute atomic E-state index is 0.0395. The molecule has 43 heavy (non-hydrogen) atoms. The molecule has 2 fully saturated rings. The first-order valence-electron chi connectivity index (χ1n) is 15.2. The molecule has 0 aromatic heterocycles. The largest absolute Gasteiger partial charge is 0.395 e. The number of carbonyl (C=O) groups excluding carboxylic acids is 3. The lowest BCUT2D eigenvalue weighted by Gasteiger charge is -2.36. The van der Waals surface area contributed by atoms with Crippen molar-refractivity contribution in [1.82, 2.24) is 9.80 Å². The van der Waals surface area contributed by atoms with E-state index < -0.39 is 27.4 Å². The van der Waals surface area contributed by atoms with Crippen molar-refractivity contribution >= 4 is 40.9 Å². The van der Waals surface area contributed by atoms with Gasteiger partial charge in [-0.25, -0.2) is 0 Å². The van der Waals surface area contributed by atoms with Crippen molar-refractivity contribution in [2.45, 2.75) is 42.9 Å². The van der Waals surface area contributed by atoms with E-state index in [2.05, 4.69) is 24.8 Å². The maximum absolute atomic E-state index is 14.6. The Balaban J connectivity index is 1.38. The second-order valence-corrected chi connectivity index (χ2v) is 13.7. The number of hydrogen-bond donors (Lipinski definition) is 1. The van der Waals surface area contributed by atoms with Gasteiger partial charge in [0.25, 0.3) is 5.91 Å². The van der Waals surface area contributed by atoms with Crippen molar-refractivity contribution in [3.63, 3.8) is 0 Å². The van der Waals surface area contributed by atoms with Crippen LogP contribution >= 0.6 is 11.8 Å². The molecular formula is C34H40N4O4S. The van der Waals surface area contributed by atoms with Gasteiger partial charge in [0.05, 0.1) is 23.2 Å². The van der Waals surface area contributed by atoms with Gasteiger partial charge in [-0.2, -0.15) is 0 Å². The summed E-state index contributed by atoms with van der Waals surface area (Å²) < 4.78 is -1.61. The summed E-state index contributed by atoms with van der Waals surface area (Å²) in [5.74, 6) is -1.86. The van der Waals surface area contributed by atoms with E-state index in [0.717, 1.165) is 30.0 Å². The molecule has 0 saturated carbocycles. The van der Waals surface area contributed by atoms with Gasteiger partial charge in [-0.05, 0) is 50.6 Å². The zero-order chi connectivity index (χ0) is 30.4. The Hall–Kier alpha value is -3.56. The normalized spacial score (nSPS) is 29.8. The lowest BCUT2D eigenvalue weighted by atomic mass is 9.74. The zero-order valence-corrected chi connectivity index (χ0v) is 25.9. The molecule has 4 heterocycles. The fourth-order valence-electron chi connectivity index (χ4n) is 7.53. The Labute approximate surface area is 258 Å². The number of hydrogen-bond acceptors (Lipinski definition) is 6. The molecule has 1 unspecified atom stereocenters. The molecule has 2 saturated heterocycles. The molecular weight excluding hydrogens is 560 g/mol. The van der Waals surface area contributed by atoms with E-state index in [4.69, 9.17) is 0 Å². The molecule has 0 radical (unpaired) electrons. The summed E-state index contributed by atoms with van der Waals surface area (Å²) in [6, 6.07) is 17.0. The molecule has 8 nitrogen and oxygen atoms in total. The number of thioether (sulfide) groups is 1. The summed E-state index contributed by atoms with van der Waals surface area (Å²) >= 11 is 1.56. The van der Waals surface area contributed by atoms with Crippen LogP contribution in [0.4, 0.5) is 11.4 Å². The van der Waals surface area contributed by atoms with Crippen molar-refractivity contribution in [1.29, 1.82) is 0 Å². The van der Waals surface area contributed by atoms with Crippen molar-refractivity contribution in [3.05, 3.63) is 84.5 Å². The summed E-state index contributed by atoms with van der Waals surface area (Å²) in [5, 5.41) is 10.0. The molecule has 2 aromatic carbocycles. The molecule has 1 N–H and O–H groups in total. The smallest absolute Gasteiger partial charge is 0.251 e. The van der Waals surface area contributed by atoms with Gasteiger partial charge in [-0.15, -0.1) is 11.8 Å². The number of β-amino-alcohol motifs (C(OH)–C–C–N with tert-alkyl or cyclic N) is 1. The van der Waals surface area contributed by atoms with Crippen molar-refractivity contribution < 1.29 is 19.5 Å². The molecule has 5 atom stereocenters. The van der Waals surface area contributed by atoms with E-state index in [1.165, 1.54) is 4.90 Å². The highest BCUT2D eigenvalue weighted by Gasteiger charge is 2.73. The lowest BCUT2D eigenvalue weighted by molar-refractivity contribution is -0.144. The van der Waals surface area contributed by atoms with E-state index in [1.54, 1.807) is 16.7 Å². The monoisotopic (exact) mass is 600 g/mol. The minimum Gasteiger partial charge on any atom is -0.395 e. The van der Waals surface area contributed by atoms with Gasteiger partial charge in [-0.1, -0.05) is 54.6 Å². The van der Waals surface area contributed by atoms with Gasteiger partial charge in [-0.3, -0.25) is 14.4 Å². The standard InChI is InChI=1S/C34H40N4O4S/c1-4-35(5-2)25-13-15-26(16-14-25)37-20-10-18-34-28(31(41)38(21-22-39)29(34)32(37)42)27-30(40)36(19-9-17-33(27,3)43-34)23-24-11-7-6-8-12-24/h6-18,27-29,39H,4-5,19-23H2,1-3H3/t27-,28-,29?,33+,34-/m0/s1. The third kappa shape index (κ3) is 4.77. The fraction of sp³-hybridized carbons (Fsp3) is 0.441. The van der Waals surface area contributed by atoms with E-state index >= 15 is 0 Å². The third-order valence-electron chi connectivity index (χ3n) is 9.49. The van der Waals surface area contributed by atoms with Crippen molar-refractivity contribution in [2.75, 3.05) is 49.1 Å². The van der Waals surface area contributed by atoms with E-state index in [0.29, 0.717) is 19.6 Å². The predicted molar refractivity (Wildman–Crippen MR) is 171 cm³/mol. The molecule has 3 amide bonds. The molecule has 9 heteroatoms. The van der Waals surface area contributed by atoms with Gasteiger partial charge >= 0.3 is 0 Å². The van der Waals surface area contributed by atoms with Crippen molar-refractivity contribution in [3.8, 4) is 0 Å². The molecule has 0 bridgehead atoms. The molecule has 226 valence electrons. The van der Waals surface area contributed by atoms with Crippen LogP contribution in [0.25, 0.3) is 0 Å². The molecule has 4 aliphatic heterocycles. The fourth-order valence-corrected chi connectivity index (χ4v) is 9.69. The predicted octanol–water partition coefficient (Wildman–Crippen LogP) is 3.71. The van der Waals surface area contributed by atoms with Crippen LogP contribution in [0.2, 0.25) is 0 Å². The van der Waals surface area contributed by atoms with Crippen LogP contribution in [0.1, 0.15) is 26.3 Å². The average Bonchev–Trinajstić information content (AvgIpc) is 3.27. The van der Waals surface area contributed by atoms with Gasteiger partial charge < -0.3 is 24.7 Å². The number of fused-ring (bicyclic) bond motifs is 2. The summed E-state index contributed by atoms with van der Waals surface area (Å²) in [7, 11) is 0. The number of likely N-dealkylation sites (tertiary alicyclic amines) is 1. The SMILES string of the molecule is CCN(CC)c1ccc(N2CC=C[C@]34S[C@]5(C)C=CCN(Cc6ccccc6)C(=O)[C@@H]5[C@H]3C(=O)N(CCO)C4C2=O)cc1. The second-order valence-electron chi connectivity index (χ2n) is 11.9. The number of anilines is 2. The van der Waals surface area contributed by atoms with Crippen LogP contribution in [-0.2, 0) is 20.9 Å². The Kier molecular flexibility index (Phi) is 7.89. The van der Waals surface area contributed by atoms with Crippen LogP contribution in [0.5, 0.6) is 0 Å². The van der Waals surface area contributed by atoms with Crippen molar-refractivity contribution in [2.24, 2.45) is 11.8 Å². The highest BCUT2D eigenvalue weighted by atomic mass is 32.2. The summed E-state index contributed by atoms with van der Waals surface area (Å²) in [5.41, 5.74) is 2.87. The van der Waals surface area contributed by atoms with E-state index in [9.17, 15) is 19.5 Å². The van der Waals surface area contributed by atoms with Crippen LogP contribution in [0, 0.1) is 11.8 Å². The number of amides is 3. The molecule has 0 aliphatic carbocycles. The quantitative estimate of drug-likeness (QED) is 0.466. The second kappa shape index (κ2) is 11.5. The van der Waals surface area contributed by atoms with E-state index in [-0.39, 0.29) is 30.9 Å². The first-order chi connectivity index (χ1) is 20.8. The summed E-state index contributed by atoms with van der Waals surface area (Å²) in [4.78, 5) is 50.6. The van der Waals surface area contributed by atoms with E-state index in [1.807, 2.05) is 84.6 Å². The topological polar surface area (TPSA) is 84.4 Å². The highest BCUT2D eigenvalue weighted by molar-refractivity contribution is 8.02. The number of aliphatic hydroxyl groups excluding tert-OH is 1. The van der Waals surface area contributed by atoms with Crippen LogP contribution in [0.15, 0.2) is 78.9 Å². The first kappa shape index (κ1) is 29.5. The highest BCUT2D eigenvalue weighted by Crippen LogP contribution is 2.65. The number of aliphatic hydroxyl groups is 1. The third-order valence-corrected chi connectivity index (χ3v) is 11.3. The van der Waals surface area contributed by atoms with Gasteiger partial charge in [0.1, 0.15) is 6.04 Å². The van der Waals surface area contributed by atoms with Gasteiger partial charge in [0.2, 0.25) is 11.8 Å². The first-order valence-corrected chi connectivity index (χ1v) is 16.1. The molecule has 4 aliphatic rings. The molecule has 6 rings (SSSR count). The lowest BCUT2D eigenvalue weighted by Crippen LogP contribution is -2.54. The number of benzene rings is 2. The Bertz CT molecular complexity index is 1440. The van der Waals surface area contributed by atoms with Crippen LogP contribution in [-0.4, -0.2) is 87.5 Å². The maximum atomic E-state index is 14.6. The average molecular weight is 601 g/mol.